The first-order chi connectivity index (χ1) is 17.6. The van der Waals surface area contributed by atoms with Crippen LogP contribution in [0, 0.1) is 12.3 Å². The van der Waals surface area contributed by atoms with Gasteiger partial charge < -0.3 is 20.1 Å². The van der Waals surface area contributed by atoms with E-state index in [4.69, 9.17) is 4.74 Å². The summed E-state index contributed by atoms with van der Waals surface area (Å²) in [6, 6.07) is 10.3. The van der Waals surface area contributed by atoms with Gasteiger partial charge in [0.25, 0.3) is 0 Å². The lowest BCUT2D eigenvalue weighted by atomic mass is 9.76. The van der Waals surface area contributed by atoms with Crippen molar-refractivity contribution in [1.82, 2.24) is 20.1 Å². The average molecular weight is 516 g/mol. The number of hydrogen-bond acceptors (Lipinski definition) is 6. The van der Waals surface area contributed by atoms with Crippen LogP contribution in [0.1, 0.15) is 36.6 Å². The van der Waals surface area contributed by atoms with Gasteiger partial charge in [-0.3, -0.25) is 4.79 Å². The van der Waals surface area contributed by atoms with Gasteiger partial charge in [-0.15, -0.1) is 0 Å². The molecular weight excluding hydrogens is 487 g/mol. The monoisotopic (exact) mass is 515 g/mol. The number of carboxylic acid groups (broad SMARTS) is 1. The van der Waals surface area contributed by atoms with Crippen molar-refractivity contribution in [2.24, 2.45) is 5.41 Å². The lowest BCUT2D eigenvalue weighted by Gasteiger charge is -2.39. The number of ether oxygens (including phenoxy) is 1. The molecule has 8 nitrogen and oxygen atoms in total. The highest BCUT2D eigenvalue weighted by molar-refractivity contribution is 5.74. The minimum atomic E-state index is -4.67. The maximum absolute atomic E-state index is 14.3. The van der Waals surface area contributed by atoms with Crippen molar-refractivity contribution in [2.45, 2.75) is 44.5 Å². The molecule has 37 heavy (non-hydrogen) atoms. The molecule has 2 fully saturated rings. The summed E-state index contributed by atoms with van der Waals surface area (Å²) in [5.74, 6) is -0.244. The van der Waals surface area contributed by atoms with Crippen LogP contribution in [0.5, 0.6) is 5.75 Å². The molecule has 2 aliphatic rings. The Hall–Kier alpha value is -3.60. The molecular formula is C26H28F3N5O3. The van der Waals surface area contributed by atoms with Crippen molar-refractivity contribution in [2.75, 3.05) is 24.5 Å². The zero-order valence-electron chi connectivity index (χ0n) is 20.3. The van der Waals surface area contributed by atoms with Crippen LogP contribution in [0.4, 0.5) is 19.0 Å². The third-order valence-corrected chi connectivity index (χ3v) is 7.26. The van der Waals surface area contributed by atoms with Crippen molar-refractivity contribution in [3.05, 3.63) is 66.1 Å². The van der Waals surface area contributed by atoms with Crippen LogP contribution in [-0.2, 0) is 4.79 Å². The smallest absolute Gasteiger partial charge is 0.429 e. The van der Waals surface area contributed by atoms with Gasteiger partial charge in [-0.05, 0) is 49.8 Å². The molecule has 2 saturated heterocycles. The number of aromatic nitrogens is 3. The standard InChI is InChI=1S/C26H28F3N5O3/c1-17-7-11-34(32-17)21-5-3-2-4-19(21)23(26(27,28)29)37-18-6-10-30-22(14-18)33-12-8-25(9-13-33)15-20(24(35)36)31-16-25/h2-7,10-11,14,20,23,31H,8-9,12-13,15-16H2,1H3,(H,35,36)/t20-,23?/m0/s1. The highest BCUT2D eigenvalue weighted by Crippen LogP contribution is 2.42. The lowest BCUT2D eigenvalue weighted by Crippen LogP contribution is -2.41. The summed E-state index contributed by atoms with van der Waals surface area (Å²) in [6.45, 7) is 3.69. The number of anilines is 1. The van der Waals surface area contributed by atoms with Gasteiger partial charge in [0, 0.05) is 43.7 Å². The fourth-order valence-corrected chi connectivity index (χ4v) is 5.24. The minimum absolute atomic E-state index is 0.0434. The van der Waals surface area contributed by atoms with E-state index in [1.54, 1.807) is 37.4 Å². The van der Waals surface area contributed by atoms with Crippen LogP contribution in [0.25, 0.3) is 5.69 Å². The van der Waals surface area contributed by atoms with E-state index in [1.807, 2.05) is 4.90 Å². The van der Waals surface area contributed by atoms with Gasteiger partial charge in [0.05, 0.1) is 11.4 Å². The molecule has 0 amide bonds. The molecule has 4 heterocycles. The Balaban J connectivity index is 1.35. The van der Waals surface area contributed by atoms with E-state index in [0.717, 1.165) is 12.8 Å². The summed E-state index contributed by atoms with van der Waals surface area (Å²) in [6.07, 6.45) is -1.68. The number of halogens is 3. The number of carbonyl (C=O) groups is 1. The molecule has 0 saturated carbocycles. The SMILES string of the molecule is Cc1ccn(-c2ccccc2C(Oc2ccnc(N3CCC4(CC3)CN[C@H](C(=O)O)C4)c2)C(F)(F)F)n1. The van der Waals surface area contributed by atoms with Gasteiger partial charge in [0.2, 0.25) is 6.10 Å². The highest BCUT2D eigenvalue weighted by Gasteiger charge is 2.45. The summed E-state index contributed by atoms with van der Waals surface area (Å²) >= 11 is 0. The molecule has 2 atom stereocenters. The van der Waals surface area contributed by atoms with E-state index in [2.05, 4.69) is 15.4 Å². The maximum Gasteiger partial charge on any atom is 0.429 e. The minimum Gasteiger partial charge on any atom is -0.480 e. The molecule has 0 radical (unpaired) electrons. The fraction of sp³-hybridized carbons (Fsp3) is 0.423. The Kier molecular flexibility index (Phi) is 6.57. The molecule has 2 aromatic heterocycles. The number of para-hydroxylation sites is 1. The first-order valence-corrected chi connectivity index (χ1v) is 12.2. The number of pyridine rings is 1. The van der Waals surface area contributed by atoms with Gasteiger partial charge in [-0.1, -0.05) is 18.2 Å². The molecule has 2 N–H and O–H groups in total. The lowest BCUT2D eigenvalue weighted by molar-refractivity contribution is -0.198. The largest absolute Gasteiger partial charge is 0.480 e. The second-order valence-corrected chi connectivity index (χ2v) is 9.81. The Labute approximate surface area is 212 Å². The van der Waals surface area contributed by atoms with E-state index < -0.39 is 24.3 Å². The second-order valence-electron chi connectivity index (χ2n) is 9.81. The molecule has 11 heteroatoms. The number of benzene rings is 1. The van der Waals surface area contributed by atoms with Crippen LogP contribution in [-0.4, -0.2) is 57.7 Å². The molecule has 0 bridgehead atoms. The van der Waals surface area contributed by atoms with Crippen molar-refractivity contribution in [1.29, 1.82) is 0 Å². The number of nitrogens with zero attached hydrogens (tertiary/aromatic N) is 4. The zero-order valence-corrected chi connectivity index (χ0v) is 20.3. The summed E-state index contributed by atoms with van der Waals surface area (Å²) in [5, 5.41) is 16.7. The van der Waals surface area contributed by atoms with Crippen LogP contribution in [0.2, 0.25) is 0 Å². The quantitative estimate of drug-likeness (QED) is 0.506. The number of alkyl halides is 3. The fourth-order valence-electron chi connectivity index (χ4n) is 5.24. The molecule has 0 aliphatic carbocycles. The van der Waals surface area contributed by atoms with Gasteiger partial charge >= 0.3 is 12.1 Å². The highest BCUT2D eigenvalue weighted by atomic mass is 19.4. The summed E-state index contributed by atoms with van der Waals surface area (Å²) in [4.78, 5) is 17.7. The molecule has 1 spiro atoms. The van der Waals surface area contributed by atoms with E-state index in [1.165, 1.54) is 29.1 Å². The van der Waals surface area contributed by atoms with Crippen LogP contribution >= 0.6 is 0 Å². The van der Waals surface area contributed by atoms with Crippen LogP contribution in [0.15, 0.2) is 54.9 Å². The number of hydrogen-bond donors (Lipinski definition) is 2. The number of rotatable bonds is 6. The van der Waals surface area contributed by atoms with Gasteiger partial charge in [0.15, 0.2) is 0 Å². The van der Waals surface area contributed by atoms with Gasteiger partial charge in [-0.25, -0.2) is 9.67 Å². The molecule has 196 valence electrons. The Bertz CT molecular complexity index is 1270. The second kappa shape index (κ2) is 9.70. The summed E-state index contributed by atoms with van der Waals surface area (Å²) in [5.41, 5.74) is 0.855. The van der Waals surface area contributed by atoms with Gasteiger partial charge in [-0.2, -0.15) is 18.3 Å². The van der Waals surface area contributed by atoms with E-state index in [-0.39, 0.29) is 16.7 Å². The zero-order chi connectivity index (χ0) is 26.2. The van der Waals surface area contributed by atoms with E-state index >= 15 is 0 Å². The average Bonchev–Trinajstić information content (AvgIpc) is 3.49. The third-order valence-electron chi connectivity index (χ3n) is 7.26. The number of aryl methyl sites for hydroxylation is 1. The predicted molar refractivity (Wildman–Crippen MR) is 130 cm³/mol. The molecule has 2 aliphatic heterocycles. The number of piperidine rings is 1. The Morgan fingerprint density at radius 2 is 1.97 bits per heavy atom. The van der Waals surface area contributed by atoms with Crippen molar-refractivity contribution in [3.8, 4) is 11.4 Å². The predicted octanol–water partition coefficient (Wildman–Crippen LogP) is 4.29. The van der Waals surface area contributed by atoms with Crippen LogP contribution in [0.3, 0.4) is 0 Å². The van der Waals surface area contributed by atoms with Crippen LogP contribution < -0.4 is 15.0 Å². The third kappa shape index (κ3) is 5.27. The maximum atomic E-state index is 14.3. The van der Waals surface area contributed by atoms with Crippen molar-refractivity contribution < 1.29 is 27.8 Å². The van der Waals surface area contributed by atoms with Crippen molar-refractivity contribution >= 4 is 11.8 Å². The number of carboxylic acids is 1. The normalized spacial score (nSPS) is 20.2. The first-order valence-electron chi connectivity index (χ1n) is 12.2. The summed E-state index contributed by atoms with van der Waals surface area (Å²) < 4.78 is 49.8. The van der Waals surface area contributed by atoms with Crippen molar-refractivity contribution in [3.63, 3.8) is 0 Å². The van der Waals surface area contributed by atoms with E-state index in [0.29, 0.717) is 43.3 Å². The summed E-state index contributed by atoms with van der Waals surface area (Å²) in [7, 11) is 0. The number of nitrogens with one attached hydrogen (secondary N) is 1. The number of aliphatic carboxylic acids is 1. The molecule has 1 aromatic carbocycles. The first kappa shape index (κ1) is 25.1. The Morgan fingerprint density at radius 1 is 1.22 bits per heavy atom. The van der Waals surface area contributed by atoms with Gasteiger partial charge in [0.1, 0.15) is 17.6 Å². The topological polar surface area (TPSA) is 92.5 Å². The molecule has 5 rings (SSSR count). The Morgan fingerprint density at radius 3 is 2.62 bits per heavy atom. The van der Waals surface area contributed by atoms with E-state index in [9.17, 15) is 23.1 Å². The molecule has 1 unspecified atom stereocenters. The molecule has 3 aromatic rings.